The molecule has 1 aromatic carbocycles. The zero-order chi connectivity index (χ0) is 11.5. The maximum Gasteiger partial charge on any atom is 0.289 e. The zero-order valence-electron chi connectivity index (χ0n) is 8.86. The number of nitrogens with one attached hydrogen (secondary N) is 1. The van der Waals surface area contributed by atoms with Crippen LogP contribution in [0.1, 0.15) is 12.5 Å². The Kier molecular flexibility index (Phi) is 2.72. The first-order valence-corrected chi connectivity index (χ1v) is 4.97. The Morgan fingerprint density at radius 2 is 1.88 bits per heavy atom. The van der Waals surface area contributed by atoms with Gasteiger partial charge in [0.1, 0.15) is 0 Å². The summed E-state index contributed by atoms with van der Waals surface area (Å²) in [5.41, 5.74) is 7.52. The second-order valence-corrected chi connectivity index (χ2v) is 3.62. The van der Waals surface area contributed by atoms with Crippen molar-refractivity contribution in [1.82, 2.24) is 10.9 Å². The van der Waals surface area contributed by atoms with Gasteiger partial charge in [-0.15, -0.1) is 5.43 Å². The first-order valence-electron chi connectivity index (χ1n) is 4.97. The van der Waals surface area contributed by atoms with E-state index in [4.69, 9.17) is 0 Å². The fraction of sp³-hybridized carbons (Fsp3) is 0.167. The monoisotopic (exact) mass is 215 g/mol. The topological polar surface area (TPSA) is 60.3 Å². The molecule has 0 bridgehead atoms. The van der Waals surface area contributed by atoms with Crippen molar-refractivity contribution in [3.05, 3.63) is 47.0 Å². The van der Waals surface area contributed by atoms with Crippen LogP contribution in [-0.4, -0.2) is 11.8 Å². The van der Waals surface area contributed by atoms with Gasteiger partial charge in [0, 0.05) is 17.6 Å². The van der Waals surface area contributed by atoms with Crippen LogP contribution in [0.25, 0.3) is 0 Å². The number of hydrogen-bond acceptors (Lipinski definition) is 2. The lowest BCUT2D eigenvalue weighted by Crippen LogP contribution is -2.42. The molecule has 0 aromatic heterocycles. The van der Waals surface area contributed by atoms with Gasteiger partial charge in [-0.05, 0) is 12.5 Å². The highest BCUT2D eigenvalue weighted by Gasteiger charge is 2.24. The molecule has 4 heteroatoms. The maximum absolute atomic E-state index is 11.5. The molecule has 0 atom stereocenters. The summed E-state index contributed by atoms with van der Waals surface area (Å²) < 4.78 is 0. The molecule has 0 saturated heterocycles. The summed E-state index contributed by atoms with van der Waals surface area (Å²) >= 11 is 0. The molecule has 1 aromatic rings. The predicted octanol–water partition coefficient (Wildman–Crippen LogP) is 0.721. The molecule has 1 N–H and O–H groups in total. The lowest BCUT2D eigenvalue weighted by molar-refractivity contribution is -0.127. The molecule has 0 unspecified atom stereocenters. The third-order valence-electron chi connectivity index (χ3n) is 2.53. The SMILES string of the molecule is CC1=C(Cc2ccccc2)C(=O)N[N]C1=O. The van der Waals surface area contributed by atoms with E-state index >= 15 is 0 Å². The Morgan fingerprint density at radius 3 is 2.56 bits per heavy atom. The van der Waals surface area contributed by atoms with Crippen molar-refractivity contribution < 1.29 is 9.59 Å². The molecule has 16 heavy (non-hydrogen) atoms. The molecule has 0 fully saturated rings. The van der Waals surface area contributed by atoms with Crippen molar-refractivity contribution in [3.8, 4) is 0 Å². The summed E-state index contributed by atoms with van der Waals surface area (Å²) in [5, 5.41) is 0. The van der Waals surface area contributed by atoms with Crippen LogP contribution in [0, 0.1) is 0 Å². The molecule has 1 aliphatic heterocycles. The van der Waals surface area contributed by atoms with Gasteiger partial charge >= 0.3 is 0 Å². The predicted molar refractivity (Wildman–Crippen MR) is 58.1 cm³/mol. The molecule has 1 radical (unpaired) electrons. The second-order valence-electron chi connectivity index (χ2n) is 3.62. The summed E-state index contributed by atoms with van der Waals surface area (Å²) in [7, 11) is 0. The average molecular weight is 215 g/mol. The van der Waals surface area contributed by atoms with Gasteiger partial charge in [0.15, 0.2) is 0 Å². The Hall–Kier alpha value is -2.10. The fourth-order valence-corrected chi connectivity index (χ4v) is 1.57. The van der Waals surface area contributed by atoms with Gasteiger partial charge in [-0.25, -0.2) is 5.43 Å². The van der Waals surface area contributed by atoms with Crippen LogP contribution in [-0.2, 0) is 16.0 Å². The number of amides is 2. The average Bonchev–Trinajstić information content (AvgIpc) is 2.31. The summed E-state index contributed by atoms with van der Waals surface area (Å²) in [5.74, 6) is -0.661. The highest BCUT2D eigenvalue weighted by atomic mass is 16.2. The van der Waals surface area contributed by atoms with E-state index in [0.29, 0.717) is 17.6 Å². The van der Waals surface area contributed by atoms with Crippen molar-refractivity contribution >= 4 is 11.8 Å². The normalized spacial score (nSPS) is 15.8. The van der Waals surface area contributed by atoms with Crippen molar-refractivity contribution in [2.24, 2.45) is 0 Å². The van der Waals surface area contributed by atoms with E-state index < -0.39 is 0 Å². The number of benzene rings is 1. The number of carbonyl (C=O) groups is 2. The number of carbonyl (C=O) groups excluding carboxylic acids is 2. The van der Waals surface area contributed by atoms with Crippen molar-refractivity contribution in [2.75, 3.05) is 0 Å². The minimum Gasteiger partial charge on any atom is -0.268 e. The Balaban J connectivity index is 2.29. The van der Waals surface area contributed by atoms with E-state index in [-0.39, 0.29) is 11.8 Å². The molecule has 1 aliphatic rings. The molecule has 4 nitrogen and oxygen atoms in total. The van der Waals surface area contributed by atoms with Gasteiger partial charge in [0.25, 0.3) is 11.8 Å². The summed E-state index contributed by atoms with van der Waals surface area (Å²) in [6.45, 7) is 1.63. The molecular formula is C12H11N2O2. The van der Waals surface area contributed by atoms with E-state index in [1.54, 1.807) is 6.92 Å². The number of rotatable bonds is 2. The lowest BCUT2D eigenvalue weighted by atomic mass is 9.99. The van der Waals surface area contributed by atoms with Crippen LogP contribution in [0.15, 0.2) is 41.5 Å². The summed E-state index contributed by atoms with van der Waals surface area (Å²) in [6.07, 6.45) is 0.458. The third kappa shape index (κ3) is 1.95. The maximum atomic E-state index is 11.5. The van der Waals surface area contributed by atoms with E-state index in [1.807, 2.05) is 30.3 Å². The van der Waals surface area contributed by atoms with E-state index in [1.165, 1.54) is 0 Å². The smallest absolute Gasteiger partial charge is 0.268 e. The second kappa shape index (κ2) is 4.18. The molecule has 0 aliphatic carbocycles. The van der Waals surface area contributed by atoms with Crippen LogP contribution in [0.4, 0.5) is 0 Å². The van der Waals surface area contributed by atoms with Crippen molar-refractivity contribution in [1.29, 1.82) is 0 Å². The molecular weight excluding hydrogens is 204 g/mol. The lowest BCUT2D eigenvalue weighted by Gasteiger charge is -2.16. The van der Waals surface area contributed by atoms with Crippen molar-refractivity contribution in [2.45, 2.75) is 13.3 Å². The van der Waals surface area contributed by atoms with Gasteiger partial charge in [0.05, 0.1) is 0 Å². The van der Waals surface area contributed by atoms with Crippen LogP contribution >= 0.6 is 0 Å². The van der Waals surface area contributed by atoms with Crippen molar-refractivity contribution in [3.63, 3.8) is 0 Å². The third-order valence-corrected chi connectivity index (χ3v) is 2.53. The molecule has 2 amide bonds. The Labute approximate surface area is 93.3 Å². The largest absolute Gasteiger partial charge is 0.289 e. The van der Waals surface area contributed by atoms with Gasteiger partial charge in [-0.3, -0.25) is 9.59 Å². The first kappa shape index (κ1) is 10.4. The van der Waals surface area contributed by atoms with Crippen LogP contribution in [0.3, 0.4) is 0 Å². The van der Waals surface area contributed by atoms with Gasteiger partial charge in [-0.2, -0.15) is 0 Å². The summed E-state index contributed by atoms with van der Waals surface area (Å²) in [4.78, 5) is 22.8. The van der Waals surface area contributed by atoms with E-state index in [9.17, 15) is 9.59 Å². The molecule has 0 spiro atoms. The molecule has 81 valence electrons. The standard InChI is InChI=1S/C12H11N2O2/c1-8-10(12(16)14-13-11(8)15)7-9-5-3-2-4-6-9/h2-6H,7H2,1H3,(H,14,16). The quantitative estimate of drug-likeness (QED) is 0.790. The van der Waals surface area contributed by atoms with E-state index in [0.717, 1.165) is 5.56 Å². The van der Waals surface area contributed by atoms with Crippen LogP contribution < -0.4 is 10.9 Å². The Bertz CT molecular complexity index is 463. The van der Waals surface area contributed by atoms with Gasteiger partial charge in [0.2, 0.25) is 0 Å². The number of hydrogen-bond donors (Lipinski definition) is 1. The molecule has 1 heterocycles. The summed E-state index contributed by atoms with van der Waals surface area (Å²) in [6, 6.07) is 9.55. The first-order chi connectivity index (χ1) is 7.68. The minimum atomic E-state index is -0.370. The van der Waals surface area contributed by atoms with Crippen LogP contribution in [0.5, 0.6) is 0 Å². The fourth-order valence-electron chi connectivity index (χ4n) is 1.57. The highest BCUT2D eigenvalue weighted by Crippen LogP contribution is 2.15. The highest BCUT2D eigenvalue weighted by molar-refractivity contribution is 6.08. The minimum absolute atomic E-state index is 0.291. The molecule has 0 saturated carbocycles. The van der Waals surface area contributed by atoms with Gasteiger partial charge in [-0.1, -0.05) is 30.3 Å². The molecule has 2 rings (SSSR count). The van der Waals surface area contributed by atoms with E-state index in [2.05, 4.69) is 10.9 Å². The zero-order valence-corrected chi connectivity index (χ0v) is 8.86. The van der Waals surface area contributed by atoms with Crippen LogP contribution in [0.2, 0.25) is 0 Å². The Morgan fingerprint density at radius 1 is 1.19 bits per heavy atom. The number of nitrogens with zero attached hydrogens (tertiary/aromatic N) is 1. The van der Waals surface area contributed by atoms with Gasteiger partial charge < -0.3 is 0 Å².